The molecule has 2 N–H and O–H groups in total. The van der Waals surface area contributed by atoms with Crippen LogP contribution in [0.3, 0.4) is 0 Å². The van der Waals surface area contributed by atoms with Crippen LogP contribution in [0.15, 0.2) is 66.1 Å². The van der Waals surface area contributed by atoms with Crippen molar-refractivity contribution < 1.29 is 9.59 Å². The number of aryl methyl sites for hydroxylation is 1. The summed E-state index contributed by atoms with van der Waals surface area (Å²) in [7, 11) is 1.88. The maximum Gasteiger partial charge on any atom is 0.251 e. The largest absolute Gasteiger partial charge is 0.346 e. The van der Waals surface area contributed by atoms with Gasteiger partial charge in [0.25, 0.3) is 5.91 Å². The summed E-state index contributed by atoms with van der Waals surface area (Å²) in [6.45, 7) is 1.91. The molecular weight excluding hydrogens is 408 g/mol. The summed E-state index contributed by atoms with van der Waals surface area (Å²) in [5.74, 6) is -0.0617. The van der Waals surface area contributed by atoms with Crippen molar-refractivity contribution in [1.29, 1.82) is 0 Å². The van der Waals surface area contributed by atoms with E-state index in [1.165, 1.54) is 11.8 Å². The van der Waals surface area contributed by atoms with Crippen LogP contribution >= 0.6 is 23.4 Å². The fraction of sp³-hybridized carbons (Fsp3) is 0.190. The first-order valence-corrected chi connectivity index (χ1v) is 10.3. The van der Waals surface area contributed by atoms with E-state index in [0.29, 0.717) is 16.3 Å². The van der Waals surface area contributed by atoms with Crippen molar-refractivity contribution in [1.82, 2.24) is 14.9 Å². The van der Waals surface area contributed by atoms with Gasteiger partial charge in [0.1, 0.15) is 0 Å². The van der Waals surface area contributed by atoms with Crippen molar-refractivity contribution in [2.45, 2.75) is 18.1 Å². The standard InChI is InChI=1S/C21H21ClN4O2S/c1-14(15-3-7-17(22)8-4-15)24-20(28)16-5-9-18(10-6-16)25-19(27)13-29-21-23-11-12-26(21)2/h3-12,14H,13H2,1-2H3,(H,24,28)(H,25,27). The summed E-state index contributed by atoms with van der Waals surface area (Å²) in [5, 5.41) is 7.21. The third-order valence-corrected chi connectivity index (χ3v) is 5.57. The molecular formula is C21H21ClN4O2S. The minimum atomic E-state index is -0.185. The van der Waals surface area contributed by atoms with E-state index in [1.807, 2.05) is 36.9 Å². The number of rotatable bonds is 7. The molecule has 1 heterocycles. The average Bonchev–Trinajstić information content (AvgIpc) is 3.12. The number of amides is 2. The molecule has 1 aromatic heterocycles. The summed E-state index contributed by atoms with van der Waals surface area (Å²) >= 11 is 7.26. The normalized spacial score (nSPS) is 11.7. The van der Waals surface area contributed by atoms with Crippen LogP contribution in [0.25, 0.3) is 0 Å². The summed E-state index contributed by atoms with van der Waals surface area (Å²) in [4.78, 5) is 28.7. The van der Waals surface area contributed by atoms with Gasteiger partial charge in [-0.1, -0.05) is 35.5 Å². The topological polar surface area (TPSA) is 76.0 Å². The second-order valence-corrected chi connectivity index (χ2v) is 7.86. The molecule has 0 fully saturated rings. The zero-order valence-electron chi connectivity index (χ0n) is 16.1. The Morgan fingerprint density at radius 1 is 1.14 bits per heavy atom. The van der Waals surface area contributed by atoms with E-state index in [4.69, 9.17) is 11.6 Å². The molecule has 0 radical (unpaired) electrons. The van der Waals surface area contributed by atoms with Gasteiger partial charge in [-0.2, -0.15) is 0 Å². The molecule has 0 aliphatic rings. The number of halogens is 1. The second kappa shape index (κ2) is 9.62. The molecule has 0 saturated carbocycles. The summed E-state index contributed by atoms with van der Waals surface area (Å²) in [6.07, 6.45) is 3.52. The number of carbonyl (C=O) groups excluding carboxylic acids is 2. The van der Waals surface area contributed by atoms with E-state index in [1.54, 1.807) is 42.6 Å². The molecule has 6 nitrogen and oxygen atoms in total. The van der Waals surface area contributed by atoms with Crippen LogP contribution in [0.1, 0.15) is 28.9 Å². The third kappa shape index (κ3) is 5.85. The van der Waals surface area contributed by atoms with Crippen molar-refractivity contribution >= 4 is 40.9 Å². The Balaban J connectivity index is 1.52. The van der Waals surface area contributed by atoms with Crippen LogP contribution in [0.5, 0.6) is 0 Å². The summed E-state index contributed by atoms with van der Waals surface area (Å²) in [6, 6.07) is 14.0. The first-order valence-electron chi connectivity index (χ1n) is 8.99. The quantitative estimate of drug-likeness (QED) is 0.550. The highest BCUT2D eigenvalue weighted by Gasteiger charge is 2.12. The average molecular weight is 429 g/mol. The number of imidazole rings is 1. The van der Waals surface area contributed by atoms with Gasteiger partial charge in [0, 0.05) is 35.7 Å². The first kappa shape index (κ1) is 21.0. The molecule has 29 heavy (non-hydrogen) atoms. The molecule has 0 bridgehead atoms. The lowest BCUT2D eigenvalue weighted by Gasteiger charge is -2.15. The molecule has 0 saturated heterocycles. The van der Waals surface area contributed by atoms with Crippen molar-refractivity contribution in [3.63, 3.8) is 0 Å². The number of nitrogens with zero attached hydrogens (tertiary/aromatic N) is 2. The molecule has 0 spiro atoms. The molecule has 150 valence electrons. The fourth-order valence-electron chi connectivity index (χ4n) is 2.64. The van der Waals surface area contributed by atoms with Gasteiger partial charge in [-0.05, 0) is 48.9 Å². The van der Waals surface area contributed by atoms with Crippen LogP contribution in [-0.4, -0.2) is 27.1 Å². The number of nitrogens with one attached hydrogen (secondary N) is 2. The Kier molecular flexibility index (Phi) is 6.95. The van der Waals surface area contributed by atoms with Gasteiger partial charge in [0.05, 0.1) is 11.8 Å². The smallest absolute Gasteiger partial charge is 0.251 e. The Morgan fingerprint density at radius 2 is 1.83 bits per heavy atom. The number of benzene rings is 2. The zero-order valence-corrected chi connectivity index (χ0v) is 17.6. The Labute approximate surface area is 178 Å². The number of thioether (sulfide) groups is 1. The van der Waals surface area contributed by atoms with Crippen molar-refractivity contribution in [3.8, 4) is 0 Å². The van der Waals surface area contributed by atoms with Crippen LogP contribution in [0, 0.1) is 0 Å². The van der Waals surface area contributed by atoms with E-state index in [0.717, 1.165) is 10.7 Å². The lowest BCUT2D eigenvalue weighted by molar-refractivity contribution is -0.113. The number of hydrogen-bond acceptors (Lipinski definition) is 4. The highest BCUT2D eigenvalue weighted by atomic mass is 35.5. The van der Waals surface area contributed by atoms with Crippen LogP contribution in [0.4, 0.5) is 5.69 Å². The first-order chi connectivity index (χ1) is 13.9. The molecule has 0 aliphatic heterocycles. The Morgan fingerprint density at radius 3 is 2.45 bits per heavy atom. The molecule has 8 heteroatoms. The summed E-state index contributed by atoms with van der Waals surface area (Å²) in [5.41, 5.74) is 2.13. The predicted molar refractivity (Wildman–Crippen MR) is 116 cm³/mol. The number of anilines is 1. The summed E-state index contributed by atoms with van der Waals surface area (Å²) < 4.78 is 1.86. The Hall–Kier alpha value is -2.77. The van der Waals surface area contributed by atoms with Gasteiger partial charge in [-0.25, -0.2) is 4.98 Å². The van der Waals surface area contributed by atoms with Gasteiger partial charge in [-0.3, -0.25) is 9.59 Å². The molecule has 0 aliphatic carbocycles. The number of hydrogen-bond donors (Lipinski definition) is 2. The highest BCUT2D eigenvalue weighted by Crippen LogP contribution is 2.18. The lowest BCUT2D eigenvalue weighted by atomic mass is 10.1. The predicted octanol–water partition coefficient (Wildman–Crippen LogP) is 4.30. The maximum absolute atomic E-state index is 12.5. The fourth-order valence-corrected chi connectivity index (χ4v) is 3.50. The molecule has 2 aromatic carbocycles. The molecule has 2 amide bonds. The molecule has 3 aromatic rings. The van der Waals surface area contributed by atoms with E-state index < -0.39 is 0 Å². The number of aromatic nitrogens is 2. The van der Waals surface area contributed by atoms with E-state index in [2.05, 4.69) is 15.6 Å². The molecule has 1 unspecified atom stereocenters. The monoisotopic (exact) mass is 428 g/mol. The van der Waals surface area contributed by atoms with Crippen molar-refractivity contribution in [2.24, 2.45) is 7.05 Å². The second-order valence-electron chi connectivity index (χ2n) is 6.48. The van der Waals surface area contributed by atoms with Gasteiger partial charge in [0.2, 0.25) is 5.91 Å². The van der Waals surface area contributed by atoms with Gasteiger partial charge in [-0.15, -0.1) is 0 Å². The zero-order chi connectivity index (χ0) is 20.8. The van der Waals surface area contributed by atoms with Crippen molar-refractivity contribution in [2.75, 3.05) is 11.1 Å². The van der Waals surface area contributed by atoms with Crippen LogP contribution < -0.4 is 10.6 Å². The minimum absolute atomic E-state index is 0.133. The van der Waals surface area contributed by atoms with Crippen LogP contribution in [0.2, 0.25) is 5.02 Å². The maximum atomic E-state index is 12.5. The Bertz CT molecular complexity index is 987. The lowest BCUT2D eigenvalue weighted by Crippen LogP contribution is -2.26. The van der Waals surface area contributed by atoms with E-state index in [9.17, 15) is 9.59 Å². The number of carbonyl (C=O) groups is 2. The molecule has 1 atom stereocenters. The van der Waals surface area contributed by atoms with Crippen molar-refractivity contribution in [3.05, 3.63) is 77.1 Å². The van der Waals surface area contributed by atoms with Gasteiger partial charge >= 0.3 is 0 Å². The van der Waals surface area contributed by atoms with E-state index in [-0.39, 0.29) is 23.6 Å². The van der Waals surface area contributed by atoms with E-state index >= 15 is 0 Å². The minimum Gasteiger partial charge on any atom is -0.346 e. The van der Waals surface area contributed by atoms with Gasteiger partial charge < -0.3 is 15.2 Å². The van der Waals surface area contributed by atoms with Gasteiger partial charge in [0.15, 0.2) is 5.16 Å². The van der Waals surface area contributed by atoms with Crippen LogP contribution in [-0.2, 0) is 11.8 Å². The highest BCUT2D eigenvalue weighted by molar-refractivity contribution is 7.99. The SMILES string of the molecule is CC(NC(=O)c1ccc(NC(=O)CSc2nccn2C)cc1)c1ccc(Cl)cc1. The molecule has 3 rings (SSSR count). The third-order valence-electron chi connectivity index (χ3n) is 4.26.